The second kappa shape index (κ2) is 4.37. The zero-order valence-electron chi connectivity index (χ0n) is 6.91. The Bertz CT molecular complexity index is 430. The summed E-state index contributed by atoms with van der Waals surface area (Å²) in [6.07, 6.45) is 0.604. The van der Waals surface area contributed by atoms with Crippen molar-refractivity contribution in [2.75, 3.05) is 5.88 Å². The Morgan fingerprint density at radius 1 is 1.57 bits per heavy atom. The van der Waals surface area contributed by atoms with Gasteiger partial charge >= 0.3 is 0 Å². The van der Waals surface area contributed by atoms with Crippen LogP contribution in [0.15, 0.2) is 13.8 Å². The molecule has 0 aliphatic rings. The standard InChI is InChI=1S/C7H5BrClN3OS/c8-6-5(10-3-14-6)7-11-4(1-2-9)12-13-7/h3H,1-2H2. The average molecular weight is 295 g/mol. The van der Waals surface area contributed by atoms with Gasteiger partial charge in [-0.3, -0.25) is 0 Å². The molecule has 0 aliphatic carbocycles. The number of aryl methyl sites for hydroxylation is 1. The summed E-state index contributed by atoms with van der Waals surface area (Å²) in [6, 6.07) is 0. The molecule has 14 heavy (non-hydrogen) atoms. The van der Waals surface area contributed by atoms with E-state index in [2.05, 4.69) is 31.1 Å². The minimum Gasteiger partial charge on any atom is -0.332 e. The molecule has 2 heterocycles. The van der Waals surface area contributed by atoms with Gasteiger partial charge < -0.3 is 4.52 Å². The van der Waals surface area contributed by atoms with Gasteiger partial charge in [-0.25, -0.2) is 4.98 Å². The Morgan fingerprint density at radius 3 is 3.07 bits per heavy atom. The van der Waals surface area contributed by atoms with Crippen molar-refractivity contribution in [3.8, 4) is 11.6 Å². The fourth-order valence-corrected chi connectivity index (χ4v) is 2.10. The normalized spacial score (nSPS) is 10.7. The molecule has 2 aromatic heterocycles. The van der Waals surface area contributed by atoms with Crippen LogP contribution in [0.4, 0.5) is 0 Å². The Morgan fingerprint density at radius 2 is 2.43 bits per heavy atom. The lowest BCUT2D eigenvalue weighted by Crippen LogP contribution is -1.88. The Hall–Kier alpha value is -0.460. The molecule has 7 heteroatoms. The fraction of sp³-hybridized carbons (Fsp3) is 0.286. The van der Waals surface area contributed by atoms with E-state index in [9.17, 15) is 0 Å². The molecule has 74 valence electrons. The highest BCUT2D eigenvalue weighted by atomic mass is 79.9. The molecule has 0 fully saturated rings. The molecular weight excluding hydrogens is 290 g/mol. The van der Waals surface area contributed by atoms with Crippen LogP contribution in [0.5, 0.6) is 0 Å². The van der Waals surface area contributed by atoms with Gasteiger partial charge in [0.25, 0.3) is 5.89 Å². The minimum atomic E-state index is 0.429. The van der Waals surface area contributed by atoms with Crippen molar-refractivity contribution in [3.05, 3.63) is 15.1 Å². The lowest BCUT2D eigenvalue weighted by atomic mass is 10.4. The highest BCUT2D eigenvalue weighted by Crippen LogP contribution is 2.28. The van der Waals surface area contributed by atoms with E-state index >= 15 is 0 Å². The van der Waals surface area contributed by atoms with Crippen molar-refractivity contribution < 1.29 is 4.52 Å². The molecule has 0 aromatic carbocycles. The predicted octanol–water partition coefficient (Wildman–Crippen LogP) is 2.74. The fourth-order valence-electron chi connectivity index (χ4n) is 0.907. The van der Waals surface area contributed by atoms with Gasteiger partial charge in [0.2, 0.25) is 0 Å². The van der Waals surface area contributed by atoms with Crippen LogP contribution in [0.1, 0.15) is 5.82 Å². The second-order valence-electron chi connectivity index (χ2n) is 2.43. The zero-order chi connectivity index (χ0) is 9.97. The van der Waals surface area contributed by atoms with Crippen LogP contribution in [0, 0.1) is 0 Å². The van der Waals surface area contributed by atoms with Crippen LogP contribution in [0.2, 0.25) is 0 Å². The summed E-state index contributed by atoms with van der Waals surface area (Å²) < 4.78 is 5.92. The number of aromatic nitrogens is 3. The first-order chi connectivity index (χ1) is 6.81. The SMILES string of the molecule is ClCCc1noc(-c2ncsc2Br)n1. The van der Waals surface area contributed by atoms with Crippen LogP contribution in [0.3, 0.4) is 0 Å². The van der Waals surface area contributed by atoms with Crippen LogP contribution < -0.4 is 0 Å². The van der Waals surface area contributed by atoms with Crippen molar-refractivity contribution >= 4 is 38.9 Å². The first-order valence-corrected chi connectivity index (χ1v) is 6.00. The maximum Gasteiger partial charge on any atom is 0.278 e. The molecule has 0 atom stereocenters. The molecule has 2 rings (SSSR count). The summed E-state index contributed by atoms with van der Waals surface area (Å²) in [6.45, 7) is 0. The number of rotatable bonds is 3. The van der Waals surface area contributed by atoms with Crippen LogP contribution in [0.25, 0.3) is 11.6 Å². The van der Waals surface area contributed by atoms with Gasteiger partial charge in [0.1, 0.15) is 3.79 Å². The van der Waals surface area contributed by atoms with Crippen molar-refractivity contribution in [1.82, 2.24) is 15.1 Å². The number of thiazole rings is 1. The number of hydrogen-bond acceptors (Lipinski definition) is 5. The van der Waals surface area contributed by atoms with Gasteiger partial charge in [0.15, 0.2) is 11.5 Å². The summed E-state index contributed by atoms with van der Waals surface area (Å²) in [5.74, 6) is 1.52. The van der Waals surface area contributed by atoms with Gasteiger partial charge in [0, 0.05) is 12.3 Å². The molecule has 0 unspecified atom stereocenters. The zero-order valence-corrected chi connectivity index (χ0v) is 10.1. The van der Waals surface area contributed by atoms with E-state index in [-0.39, 0.29) is 0 Å². The molecule has 0 amide bonds. The van der Waals surface area contributed by atoms with E-state index in [4.69, 9.17) is 16.1 Å². The third kappa shape index (κ3) is 1.97. The number of nitrogens with zero attached hydrogens (tertiary/aromatic N) is 3. The highest BCUT2D eigenvalue weighted by Gasteiger charge is 2.13. The van der Waals surface area contributed by atoms with Gasteiger partial charge in [-0.2, -0.15) is 4.98 Å². The van der Waals surface area contributed by atoms with Crippen LogP contribution in [-0.4, -0.2) is 21.0 Å². The largest absolute Gasteiger partial charge is 0.332 e. The Labute approximate surface area is 97.4 Å². The number of halogens is 2. The summed E-state index contributed by atoms with van der Waals surface area (Å²) >= 11 is 10.4. The summed E-state index contributed by atoms with van der Waals surface area (Å²) in [7, 11) is 0. The van der Waals surface area contributed by atoms with Crippen molar-refractivity contribution in [2.24, 2.45) is 0 Å². The molecule has 0 bridgehead atoms. The first-order valence-electron chi connectivity index (χ1n) is 3.79. The van der Waals surface area contributed by atoms with Crippen molar-refractivity contribution in [2.45, 2.75) is 6.42 Å². The molecule has 0 radical (unpaired) electrons. The number of hydrogen-bond donors (Lipinski definition) is 0. The van der Waals surface area contributed by atoms with E-state index in [0.717, 1.165) is 3.79 Å². The van der Waals surface area contributed by atoms with Crippen molar-refractivity contribution in [1.29, 1.82) is 0 Å². The van der Waals surface area contributed by atoms with E-state index in [0.29, 0.717) is 29.7 Å². The second-order valence-corrected chi connectivity index (χ2v) is 4.98. The third-order valence-electron chi connectivity index (χ3n) is 1.51. The monoisotopic (exact) mass is 293 g/mol. The maximum atomic E-state index is 5.56. The Balaban J connectivity index is 2.29. The molecular formula is C7H5BrClN3OS. The first kappa shape index (κ1) is 10.1. The summed E-state index contributed by atoms with van der Waals surface area (Å²) in [5, 5.41) is 3.78. The molecule has 0 saturated carbocycles. The van der Waals surface area contributed by atoms with Crippen LogP contribution in [-0.2, 0) is 6.42 Å². The summed E-state index contributed by atoms with van der Waals surface area (Å²) in [5.41, 5.74) is 2.40. The quantitative estimate of drug-likeness (QED) is 0.817. The molecule has 0 saturated heterocycles. The molecule has 2 aromatic rings. The maximum absolute atomic E-state index is 5.56. The van der Waals surface area contributed by atoms with E-state index in [1.807, 2.05) is 0 Å². The van der Waals surface area contributed by atoms with E-state index < -0.39 is 0 Å². The summed E-state index contributed by atoms with van der Waals surface area (Å²) in [4.78, 5) is 8.26. The molecule has 4 nitrogen and oxygen atoms in total. The minimum absolute atomic E-state index is 0.429. The van der Waals surface area contributed by atoms with Gasteiger partial charge in [0.05, 0.1) is 5.51 Å². The van der Waals surface area contributed by atoms with E-state index in [1.54, 1.807) is 5.51 Å². The molecule has 0 N–H and O–H groups in total. The average Bonchev–Trinajstić information content (AvgIpc) is 2.74. The Kier molecular flexibility index (Phi) is 3.15. The molecule has 0 aliphatic heterocycles. The van der Waals surface area contributed by atoms with Crippen LogP contribution >= 0.6 is 38.9 Å². The lowest BCUT2D eigenvalue weighted by Gasteiger charge is -1.85. The third-order valence-corrected chi connectivity index (χ3v) is 3.25. The molecule has 0 spiro atoms. The van der Waals surface area contributed by atoms with Gasteiger partial charge in [-0.15, -0.1) is 22.9 Å². The topological polar surface area (TPSA) is 51.8 Å². The van der Waals surface area contributed by atoms with E-state index in [1.165, 1.54) is 11.3 Å². The van der Waals surface area contributed by atoms with Gasteiger partial charge in [-0.1, -0.05) is 5.16 Å². The lowest BCUT2D eigenvalue weighted by molar-refractivity contribution is 0.422. The van der Waals surface area contributed by atoms with Gasteiger partial charge in [-0.05, 0) is 15.9 Å². The smallest absolute Gasteiger partial charge is 0.278 e. The highest BCUT2D eigenvalue weighted by molar-refractivity contribution is 9.11. The predicted molar refractivity (Wildman–Crippen MR) is 57.5 cm³/mol. The number of alkyl halides is 1. The van der Waals surface area contributed by atoms with Crippen molar-refractivity contribution in [3.63, 3.8) is 0 Å².